The van der Waals surface area contributed by atoms with Crippen molar-refractivity contribution in [2.45, 2.75) is 46.6 Å². The number of rotatable bonds is 7. The molecular formula is C12H22N2S. The molecule has 0 aliphatic rings. The molecule has 0 spiro atoms. The number of nitrogens with one attached hydrogen (secondary N) is 1. The standard InChI is InChI=1S/C12H22N2S/c1-4-10(5-2)7-13-8-11-9-15-12(6-3)14-11/h9-10,13H,4-8H2,1-3H3. The quantitative estimate of drug-likeness (QED) is 0.772. The van der Waals surface area contributed by atoms with Gasteiger partial charge in [0, 0.05) is 11.9 Å². The first-order valence-corrected chi connectivity index (χ1v) is 6.82. The fourth-order valence-electron chi connectivity index (χ4n) is 1.57. The van der Waals surface area contributed by atoms with Crippen molar-refractivity contribution in [3.63, 3.8) is 0 Å². The average molecular weight is 226 g/mol. The summed E-state index contributed by atoms with van der Waals surface area (Å²) in [4.78, 5) is 4.53. The molecule has 0 unspecified atom stereocenters. The summed E-state index contributed by atoms with van der Waals surface area (Å²) in [6.07, 6.45) is 3.58. The molecule has 0 fully saturated rings. The van der Waals surface area contributed by atoms with Gasteiger partial charge in [-0.05, 0) is 18.9 Å². The molecule has 1 rings (SSSR count). The van der Waals surface area contributed by atoms with Gasteiger partial charge in [-0.2, -0.15) is 0 Å². The van der Waals surface area contributed by atoms with Gasteiger partial charge in [-0.25, -0.2) is 4.98 Å². The van der Waals surface area contributed by atoms with E-state index in [9.17, 15) is 0 Å². The normalized spacial score (nSPS) is 11.2. The van der Waals surface area contributed by atoms with E-state index in [4.69, 9.17) is 0 Å². The van der Waals surface area contributed by atoms with Crippen LogP contribution in [-0.4, -0.2) is 11.5 Å². The predicted octanol–water partition coefficient (Wildman–Crippen LogP) is 3.23. The van der Waals surface area contributed by atoms with Gasteiger partial charge in [-0.15, -0.1) is 11.3 Å². The summed E-state index contributed by atoms with van der Waals surface area (Å²) in [7, 11) is 0. The average Bonchev–Trinajstić information content (AvgIpc) is 2.72. The van der Waals surface area contributed by atoms with Crippen LogP contribution in [0.5, 0.6) is 0 Å². The predicted molar refractivity (Wildman–Crippen MR) is 67.3 cm³/mol. The van der Waals surface area contributed by atoms with Crippen molar-refractivity contribution in [1.82, 2.24) is 10.3 Å². The number of nitrogens with zero attached hydrogens (tertiary/aromatic N) is 1. The lowest BCUT2D eigenvalue weighted by Gasteiger charge is -2.12. The summed E-state index contributed by atoms with van der Waals surface area (Å²) in [5.74, 6) is 0.814. The first-order chi connectivity index (χ1) is 7.30. The number of aromatic nitrogens is 1. The number of thiazole rings is 1. The third-order valence-electron chi connectivity index (χ3n) is 2.80. The van der Waals surface area contributed by atoms with E-state index in [1.54, 1.807) is 11.3 Å². The third-order valence-corrected chi connectivity index (χ3v) is 3.84. The van der Waals surface area contributed by atoms with Crippen LogP contribution in [0.4, 0.5) is 0 Å². The van der Waals surface area contributed by atoms with Gasteiger partial charge in [-0.3, -0.25) is 0 Å². The van der Waals surface area contributed by atoms with Crippen molar-refractivity contribution in [2.24, 2.45) is 5.92 Å². The Morgan fingerprint density at radius 1 is 1.33 bits per heavy atom. The lowest BCUT2D eigenvalue weighted by atomic mass is 10.0. The number of hydrogen-bond acceptors (Lipinski definition) is 3. The Hall–Kier alpha value is -0.410. The van der Waals surface area contributed by atoms with Crippen LogP contribution in [0.2, 0.25) is 0 Å². The molecule has 1 aromatic heterocycles. The molecule has 0 saturated heterocycles. The Kier molecular flexibility index (Phi) is 5.88. The van der Waals surface area contributed by atoms with Crippen LogP contribution in [0.15, 0.2) is 5.38 Å². The summed E-state index contributed by atoms with van der Waals surface area (Å²) in [5.41, 5.74) is 1.20. The van der Waals surface area contributed by atoms with Gasteiger partial charge in [0.1, 0.15) is 0 Å². The molecule has 0 aromatic carbocycles. The lowest BCUT2D eigenvalue weighted by molar-refractivity contribution is 0.448. The van der Waals surface area contributed by atoms with Crippen molar-refractivity contribution in [2.75, 3.05) is 6.54 Å². The molecule has 0 atom stereocenters. The summed E-state index contributed by atoms with van der Waals surface area (Å²) in [6, 6.07) is 0. The van der Waals surface area contributed by atoms with E-state index >= 15 is 0 Å². The first-order valence-electron chi connectivity index (χ1n) is 5.94. The highest BCUT2D eigenvalue weighted by atomic mass is 32.1. The summed E-state index contributed by atoms with van der Waals surface area (Å²) >= 11 is 1.77. The zero-order chi connectivity index (χ0) is 11.1. The molecule has 0 saturated carbocycles. The van der Waals surface area contributed by atoms with Crippen LogP contribution in [0.1, 0.15) is 44.3 Å². The second-order valence-electron chi connectivity index (χ2n) is 3.90. The maximum Gasteiger partial charge on any atom is 0.0926 e. The van der Waals surface area contributed by atoms with Gasteiger partial charge in [0.15, 0.2) is 0 Å². The molecule has 1 N–H and O–H groups in total. The Balaban J connectivity index is 2.25. The molecule has 0 radical (unpaired) electrons. The fourth-order valence-corrected chi connectivity index (χ4v) is 2.32. The van der Waals surface area contributed by atoms with Gasteiger partial charge in [-0.1, -0.05) is 33.6 Å². The van der Waals surface area contributed by atoms with E-state index in [2.05, 4.69) is 36.5 Å². The minimum Gasteiger partial charge on any atom is -0.311 e. The largest absolute Gasteiger partial charge is 0.311 e. The highest BCUT2D eigenvalue weighted by Crippen LogP contribution is 2.10. The lowest BCUT2D eigenvalue weighted by Crippen LogP contribution is -2.21. The van der Waals surface area contributed by atoms with Gasteiger partial charge in [0.05, 0.1) is 10.7 Å². The minimum absolute atomic E-state index is 0.814. The Labute approximate surface area is 97.1 Å². The number of aryl methyl sites for hydroxylation is 1. The highest BCUT2D eigenvalue weighted by Gasteiger charge is 2.03. The number of hydrogen-bond donors (Lipinski definition) is 1. The van der Waals surface area contributed by atoms with E-state index in [1.807, 2.05) is 0 Å². The first kappa shape index (κ1) is 12.7. The van der Waals surface area contributed by atoms with Gasteiger partial charge in [0.25, 0.3) is 0 Å². The molecule has 3 heteroatoms. The van der Waals surface area contributed by atoms with E-state index in [0.717, 1.165) is 25.4 Å². The van der Waals surface area contributed by atoms with Gasteiger partial charge < -0.3 is 5.32 Å². The third kappa shape index (κ3) is 4.31. The summed E-state index contributed by atoms with van der Waals surface area (Å²) < 4.78 is 0. The maximum atomic E-state index is 4.53. The van der Waals surface area contributed by atoms with Crippen LogP contribution in [0.3, 0.4) is 0 Å². The second-order valence-corrected chi connectivity index (χ2v) is 4.84. The SMILES string of the molecule is CCc1nc(CNCC(CC)CC)cs1. The van der Waals surface area contributed by atoms with E-state index < -0.39 is 0 Å². The zero-order valence-electron chi connectivity index (χ0n) is 10.0. The van der Waals surface area contributed by atoms with Gasteiger partial charge in [0.2, 0.25) is 0 Å². The highest BCUT2D eigenvalue weighted by molar-refractivity contribution is 7.09. The van der Waals surface area contributed by atoms with Crippen molar-refractivity contribution >= 4 is 11.3 Å². The van der Waals surface area contributed by atoms with Gasteiger partial charge >= 0.3 is 0 Å². The molecule has 0 amide bonds. The smallest absolute Gasteiger partial charge is 0.0926 e. The van der Waals surface area contributed by atoms with E-state index in [1.165, 1.54) is 23.5 Å². The Morgan fingerprint density at radius 2 is 2.07 bits per heavy atom. The molecule has 1 aromatic rings. The maximum absolute atomic E-state index is 4.53. The van der Waals surface area contributed by atoms with Crippen LogP contribution in [0.25, 0.3) is 0 Å². The molecule has 86 valence electrons. The molecule has 0 bridgehead atoms. The fraction of sp³-hybridized carbons (Fsp3) is 0.750. The molecule has 15 heavy (non-hydrogen) atoms. The Bertz CT molecular complexity index is 266. The topological polar surface area (TPSA) is 24.9 Å². The van der Waals surface area contributed by atoms with E-state index in [-0.39, 0.29) is 0 Å². The molecule has 1 heterocycles. The zero-order valence-corrected chi connectivity index (χ0v) is 10.9. The van der Waals surface area contributed by atoms with Crippen molar-refractivity contribution in [3.8, 4) is 0 Å². The van der Waals surface area contributed by atoms with Crippen LogP contribution < -0.4 is 5.32 Å². The Morgan fingerprint density at radius 3 is 2.60 bits per heavy atom. The van der Waals surface area contributed by atoms with Crippen LogP contribution in [0, 0.1) is 5.92 Å². The molecule has 2 nitrogen and oxygen atoms in total. The van der Waals surface area contributed by atoms with Crippen molar-refractivity contribution in [3.05, 3.63) is 16.1 Å². The minimum atomic E-state index is 0.814. The molecule has 0 aliphatic heterocycles. The molecular weight excluding hydrogens is 204 g/mol. The van der Waals surface area contributed by atoms with E-state index in [0.29, 0.717) is 0 Å². The monoisotopic (exact) mass is 226 g/mol. The summed E-state index contributed by atoms with van der Waals surface area (Å²) in [6.45, 7) is 8.71. The van der Waals surface area contributed by atoms with Crippen LogP contribution in [-0.2, 0) is 13.0 Å². The summed E-state index contributed by atoms with van der Waals surface area (Å²) in [5, 5.41) is 6.90. The second kappa shape index (κ2) is 6.96. The van der Waals surface area contributed by atoms with Crippen molar-refractivity contribution < 1.29 is 0 Å². The van der Waals surface area contributed by atoms with Crippen molar-refractivity contribution in [1.29, 1.82) is 0 Å². The van der Waals surface area contributed by atoms with Crippen LogP contribution >= 0.6 is 11.3 Å². The molecule has 0 aliphatic carbocycles.